The Balaban J connectivity index is 4.02. The fraction of sp³-hybridized carbons (Fsp3) is 0.923. The lowest BCUT2D eigenvalue weighted by molar-refractivity contribution is -0.107. The van der Waals surface area contributed by atoms with Gasteiger partial charge in [-0.05, 0) is 19.3 Å². The molecule has 0 aliphatic carbocycles. The van der Waals surface area contributed by atoms with Gasteiger partial charge in [-0.2, -0.15) is 11.8 Å². The van der Waals surface area contributed by atoms with Crippen molar-refractivity contribution in [3.8, 4) is 0 Å². The molecule has 0 aromatic carbocycles. The molecule has 3 heteroatoms. The van der Waals surface area contributed by atoms with Crippen LogP contribution in [-0.4, -0.2) is 30.5 Å². The summed E-state index contributed by atoms with van der Waals surface area (Å²) in [6, 6.07) is 0. The smallest absolute Gasteiger partial charge is 0.121 e. The molecule has 0 heterocycles. The van der Waals surface area contributed by atoms with Gasteiger partial charge in [0.15, 0.2) is 0 Å². The number of ether oxygens (including phenoxy) is 1. The van der Waals surface area contributed by atoms with Crippen molar-refractivity contribution in [3.05, 3.63) is 0 Å². The molecule has 96 valence electrons. The van der Waals surface area contributed by atoms with Gasteiger partial charge in [0, 0.05) is 30.6 Å². The monoisotopic (exact) mass is 246 g/mol. The second-order valence-corrected chi connectivity index (χ2v) is 5.75. The summed E-state index contributed by atoms with van der Waals surface area (Å²) < 4.78 is 5.14. The number of rotatable bonds is 11. The first-order valence-electron chi connectivity index (χ1n) is 6.36. The molecular weight excluding hydrogens is 220 g/mol. The van der Waals surface area contributed by atoms with Gasteiger partial charge in [-0.3, -0.25) is 0 Å². The van der Waals surface area contributed by atoms with Gasteiger partial charge in [0.05, 0.1) is 0 Å². The van der Waals surface area contributed by atoms with Crippen molar-refractivity contribution >= 4 is 18.0 Å². The van der Waals surface area contributed by atoms with Gasteiger partial charge in [-0.1, -0.05) is 26.7 Å². The number of hydrogen-bond acceptors (Lipinski definition) is 3. The van der Waals surface area contributed by atoms with E-state index >= 15 is 0 Å². The van der Waals surface area contributed by atoms with Crippen LogP contribution in [-0.2, 0) is 9.53 Å². The van der Waals surface area contributed by atoms with Gasteiger partial charge in [0.1, 0.15) is 6.29 Å². The summed E-state index contributed by atoms with van der Waals surface area (Å²) in [5.74, 6) is 0. The number of methoxy groups -OCH3 is 1. The maximum atomic E-state index is 10.6. The van der Waals surface area contributed by atoms with E-state index in [1.807, 2.05) is 11.8 Å². The highest BCUT2D eigenvalue weighted by molar-refractivity contribution is 8.00. The summed E-state index contributed by atoms with van der Waals surface area (Å²) in [4.78, 5) is 10.6. The quantitative estimate of drug-likeness (QED) is 0.520. The van der Waals surface area contributed by atoms with Gasteiger partial charge in [0.25, 0.3) is 0 Å². The number of carbonyl (C=O) groups excluding carboxylic acids is 1. The predicted octanol–water partition coefficient (Wildman–Crippen LogP) is 3.68. The first kappa shape index (κ1) is 16.0. The van der Waals surface area contributed by atoms with Crippen LogP contribution in [0.25, 0.3) is 0 Å². The molecule has 0 radical (unpaired) electrons. The van der Waals surface area contributed by atoms with E-state index in [-0.39, 0.29) is 0 Å². The van der Waals surface area contributed by atoms with E-state index in [1.165, 1.54) is 12.8 Å². The Morgan fingerprint density at radius 3 is 2.25 bits per heavy atom. The zero-order valence-electron chi connectivity index (χ0n) is 10.9. The topological polar surface area (TPSA) is 26.3 Å². The summed E-state index contributed by atoms with van der Waals surface area (Å²) in [5, 5.41) is 1.16. The van der Waals surface area contributed by atoms with Crippen LogP contribution in [0.5, 0.6) is 0 Å². The first-order valence-corrected chi connectivity index (χ1v) is 7.30. The molecule has 0 aliphatic heterocycles. The van der Waals surface area contributed by atoms with Crippen LogP contribution in [0.4, 0.5) is 0 Å². The summed E-state index contributed by atoms with van der Waals surface area (Å²) in [6.45, 7) is 5.23. The van der Waals surface area contributed by atoms with Gasteiger partial charge in [-0.25, -0.2) is 0 Å². The fourth-order valence-electron chi connectivity index (χ4n) is 1.79. The molecule has 0 N–H and O–H groups in total. The van der Waals surface area contributed by atoms with Gasteiger partial charge in [-0.15, -0.1) is 0 Å². The Morgan fingerprint density at radius 1 is 1.12 bits per heavy atom. The largest absolute Gasteiger partial charge is 0.385 e. The molecule has 0 saturated heterocycles. The number of carbonyl (C=O) groups is 1. The van der Waals surface area contributed by atoms with E-state index in [0.717, 1.165) is 32.2 Å². The van der Waals surface area contributed by atoms with E-state index in [2.05, 4.69) is 13.8 Å². The van der Waals surface area contributed by atoms with Crippen molar-refractivity contribution in [1.82, 2.24) is 0 Å². The summed E-state index contributed by atoms with van der Waals surface area (Å²) in [6.07, 6.45) is 7.62. The average Bonchev–Trinajstić information content (AvgIpc) is 2.27. The number of hydrogen-bond donors (Lipinski definition) is 0. The zero-order valence-corrected chi connectivity index (χ0v) is 11.7. The molecule has 0 fully saturated rings. The lowest BCUT2D eigenvalue weighted by Crippen LogP contribution is -2.13. The standard InChI is InChI=1S/C13H26O2S/c1-4-6-12(8-10-14)16-13(7-5-2)9-11-15-3/h10,12-13H,4-9,11H2,1-3H3. The molecule has 0 rings (SSSR count). The Bertz CT molecular complexity index is 162. The minimum absolute atomic E-state index is 0.510. The predicted molar refractivity (Wildman–Crippen MR) is 72.2 cm³/mol. The number of thioether (sulfide) groups is 1. The third kappa shape index (κ3) is 8.17. The van der Waals surface area contributed by atoms with Crippen LogP contribution in [0.1, 0.15) is 52.4 Å². The highest BCUT2D eigenvalue weighted by Gasteiger charge is 2.15. The van der Waals surface area contributed by atoms with Crippen LogP contribution in [0.2, 0.25) is 0 Å². The van der Waals surface area contributed by atoms with Gasteiger partial charge in [0.2, 0.25) is 0 Å². The SMILES string of the molecule is CCCC(CC=O)SC(CCC)CCOC. The van der Waals surface area contributed by atoms with Crippen molar-refractivity contribution < 1.29 is 9.53 Å². The van der Waals surface area contributed by atoms with Gasteiger partial charge >= 0.3 is 0 Å². The first-order chi connectivity index (χ1) is 7.78. The van der Waals surface area contributed by atoms with E-state index in [9.17, 15) is 4.79 Å². The second kappa shape index (κ2) is 11.5. The molecule has 0 bridgehead atoms. The highest BCUT2D eigenvalue weighted by atomic mass is 32.2. The lowest BCUT2D eigenvalue weighted by Gasteiger charge is -2.21. The van der Waals surface area contributed by atoms with Crippen LogP contribution < -0.4 is 0 Å². The van der Waals surface area contributed by atoms with Crippen molar-refractivity contribution in [2.24, 2.45) is 0 Å². The molecule has 0 saturated carbocycles. The third-order valence-corrected chi connectivity index (χ3v) is 4.28. The molecule has 0 amide bonds. The molecule has 16 heavy (non-hydrogen) atoms. The fourth-order valence-corrected chi connectivity index (χ4v) is 3.50. The minimum atomic E-state index is 0.510. The maximum Gasteiger partial charge on any atom is 0.121 e. The van der Waals surface area contributed by atoms with Crippen LogP contribution >= 0.6 is 11.8 Å². The van der Waals surface area contributed by atoms with Crippen LogP contribution in [0.15, 0.2) is 0 Å². The summed E-state index contributed by atoms with van der Waals surface area (Å²) in [7, 11) is 1.75. The van der Waals surface area contributed by atoms with E-state index < -0.39 is 0 Å². The second-order valence-electron chi connectivity index (χ2n) is 4.14. The van der Waals surface area contributed by atoms with Gasteiger partial charge < -0.3 is 9.53 Å². The van der Waals surface area contributed by atoms with Crippen LogP contribution in [0, 0.1) is 0 Å². The Labute approximate surface area is 105 Å². The Hall–Kier alpha value is -0.0200. The molecule has 0 aliphatic rings. The third-order valence-electron chi connectivity index (χ3n) is 2.61. The average molecular weight is 246 g/mol. The highest BCUT2D eigenvalue weighted by Crippen LogP contribution is 2.28. The van der Waals surface area contributed by atoms with E-state index in [1.54, 1.807) is 7.11 Å². The number of aldehydes is 1. The van der Waals surface area contributed by atoms with Crippen molar-refractivity contribution in [1.29, 1.82) is 0 Å². The van der Waals surface area contributed by atoms with Crippen molar-refractivity contribution in [2.45, 2.75) is 62.9 Å². The summed E-state index contributed by atoms with van der Waals surface area (Å²) in [5.41, 5.74) is 0. The molecule has 0 aromatic rings. The lowest BCUT2D eigenvalue weighted by atomic mass is 10.2. The minimum Gasteiger partial charge on any atom is -0.385 e. The zero-order chi connectivity index (χ0) is 12.2. The van der Waals surface area contributed by atoms with E-state index in [4.69, 9.17) is 4.74 Å². The van der Waals surface area contributed by atoms with Crippen molar-refractivity contribution in [2.75, 3.05) is 13.7 Å². The molecule has 0 aromatic heterocycles. The molecule has 2 atom stereocenters. The van der Waals surface area contributed by atoms with Crippen LogP contribution in [0.3, 0.4) is 0 Å². The Kier molecular flexibility index (Phi) is 11.5. The van der Waals surface area contributed by atoms with E-state index in [0.29, 0.717) is 16.9 Å². The molecule has 2 unspecified atom stereocenters. The normalized spacial score (nSPS) is 14.7. The molecular formula is C13H26O2S. The molecule has 0 spiro atoms. The molecule has 2 nitrogen and oxygen atoms in total. The summed E-state index contributed by atoms with van der Waals surface area (Å²) >= 11 is 1.99. The maximum absolute atomic E-state index is 10.6. The Morgan fingerprint density at radius 2 is 1.75 bits per heavy atom. The van der Waals surface area contributed by atoms with Crippen molar-refractivity contribution in [3.63, 3.8) is 0 Å².